The fraction of sp³-hybridized carbons (Fsp3) is 0.278. The largest absolute Gasteiger partial charge is 0.479 e. The Balaban J connectivity index is 2.04. The maximum Gasteiger partial charge on any atom is 0.336 e. The summed E-state index contributed by atoms with van der Waals surface area (Å²) < 4.78 is 12.0. The van der Waals surface area contributed by atoms with Crippen molar-refractivity contribution in [3.8, 4) is 0 Å². The SMILES string of the molecule is CCC1(c2ccccc2)O[C@H](C(=O)O)[C@@H](c2ccccc2Cl)O1. The van der Waals surface area contributed by atoms with Crippen LogP contribution < -0.4 is 0 Å². The molecular weight excluding hydrogens is 316 g/mol. The van der Waals surface area contributed by atoms with E-state index in [0.717, 1.165) is 5.56 Å². The van der Waals surface area contributed by atoms with Crippen molar-refractivity contribution in [3.63, 3.8) is 0 Å². The van der Waals surface area contributed by atoms with Crippen molar-refractivity contribution in [3.05, 3.63) is 70.7 Å². The van der Waals surface area contributed by atoms with E-state index in [1.165, 1.54) is 0 Å². The van der Waals surface area contributed by atoms with E-state index in [-0.39, 0.29) is 0 Å². The third kappa shape index (κ3) is 2.85. The molecule has 2 aromatic carbocycles. The van der Waals surface area contributed by atoms with E-state index in [9.17, 15) is 9.90 Å². The Hall–Kier alpha value is -1.88. The molecule has 1 heterocycles. The molecule has 1 saturated heterocycles. The Morgan fingerprint density at radius 3 is 2.39 bits per heavy atom. The van der Waals surface area contributed by atoms with Gasteiger partial charge in [-0.25, -0.2) is 4.79 Å². The molecule has 1 fully saturated rings. The van der Waals surface area contributed by atoms with Crippen LogP contribution in [0.25, 0.3) is 0 Å². The van der Waals surface area contributed by atoms with Gasteiger partial charge < -0.3 is 14.6 Å². The average Bonchev–Trinajstić information content (AvgIpc) is 2.97. The molecule has 0 bridgehead atoms. The molecule has 2 aromatic rings. The maximum atomic E-state index is 11.7. The summed E-state index contributed by atoms with van der Waals surface area (Å²) in [5, 5.41) is 10.0. The second-order valence-electron chi connectivity index (χ2n) is 5.41. The van der Waals surface area contributed by atoms with Crippen LogP contribution in [0.5, 0.6) is 0 Å². The van der Waals surface area contributed by atoms with Crippen molar-refractivity contribution in [1.29, 1.82) is 0 Å². The minimum atomic E-state index is -1.12. The number of hydrogen-bond acceptors (Lipinski definition) is 3. The third-order valence-corrected chi connectivity index (χ3v) is 4.39. The number of benzene rings is 2. The molecular formula is C18H17ClO4. The molecule has 3 atom stereocenters. The molecule has 0 spiro atoms. The van der Waals surface area contributed by atoms with Crippen LogP contribution in [-0.2, 0) is 20.1 Å². The second-order valence-corrected chi connectivity index (χ2v) is 5.82. The van der Waals surface area contributed by atoms with Gasteiger partial charge in [0.25, 0.3) is 0 Å². The number of rotatable bonds is 4. The van der Waals surface area contributed by atoms with Crippen molar-refractivity contribution >= 4 is 17.6 Å². The van der Waals surface area contributed by atoms with Crippen molar-refractivity contribution in [2.45, 2.75) is 31.3 Å². The molecule has 1 aliphatic rings. The van der Waals surface area contributed by atoms with Gasteiger partial charge in [0.1, 0.15) is 6.10 Å². The zero-order chi connectivity index (χ0) is 16.4. The summed E-state index contributed by atoms with van der Waals surface area (Å²) in [6, 6.07) is 16.5. The van der Waals surface area contributed by atoms with Gasteiger partial charge in [-0.2, -0.15) is 0 Å². The monoisotopic (exact) mass is 332 g/mol. The number of ether oxygens (including phenoxy) is 2. The predicted octanol–water partition coefficient (Wildman–Crippen LogP) is 4.14. The van der Waals surface area contributed by atoms with Gasteiger partial charge in [-0.15, -0.1) is 0 Å². The van der Waals surface area contributed by atoms with Gasteiger partial charge in [0.2, 0.25) is 0 Å². The fourth-order valence-electron chi connectivity index (χ4n) is 2.87. The number of halogens is 1. The lowest BCUT2D eigenvalue weighted by Crippen LogP contribution is -2.29. The number of hydrogen-bond donors (Lipinski definition) is 1. The Kier molecular flexibility index (Phi) is 4.39. The van der Waals surface area contributed by atoms with Crippen LogP contribution in [0.3, 0.4) is 0 Å². The molecule has 0 radical (unpaired) electrons. The maximum absolute atomic E-state index is 11.7. The van der Waals surface area contributed by atoms with Crippen LogP contribution in [0.15, 0.2) is 54.6 Å². The molecule has 1 N–H and O–H groups in total. The highest BCUT2D eigenvalue weighted by Gasteiger charge is 2.51. The van der Waals surface area contributed by atoms with Gasteiger partial charge in [-0.1, -0.05) is 67.1 Å². The highest BCUT2D eigenvalue weighted by Crippen LogP contribution is 2.47. The molecule has 5 heteroatoms. The van der Waals surface area contributed by atoms with Crippen LogP contribution in [0.4, 0.5) is 0 Å². The Morgan fingerprint density at radius 1 is 1.13 bits per heavy atom. The third-order valence-electron chi connectivity index (χ3n) is 4.04. The Labute approximate surface area is 139 Å². The average molecular weight is 333 g/mol. The summed E-state index contributed by atoms with van der Waals surface area (Å²) in [7, 11) is 0. The lowest BCUT2D eigenvalue weighted by Gasteiger charge is -2.27. The quantitative estimate of drug-likeness (QED) is 0.914. The predicted molar refractivity (Wildman–Crippen MR) is 86.2 cm³/mol. The van der Waals surface area contributed by atoms with E-state index in [0.29, 0.717) is 17.0 Å². The minimum Gasteiger partial charge on any atom is -0.479 e. The van der Waals surface area contributed by atoms with Crippen LogP contribution in [-0.4, -0.2) is 17.2 Å². The van der Waals surface area contributed by atoms with Gasteiger partial charge in [0.05, 0.1) is 0 Å². The first-order valence-corrected chi connectivity index (χ1v) is 7.83. The Morgan fingerprint density at radius 2 is 1.78 bits per heavy atom. The highest BCUT2D eigenvalue weighted by atomic mass is 35.5. The second kappa shape index (κ2) is 6.32. The summed E-state index contributed by atoms with van der Waals surface area (Å²) >= 11 is 6.23. The number of carboxylic acids is 1. The zero-order valence-electron chi connectivity index (χ0n) is 12.6. The molecule has 1 unspecified atom stereocenters. The van der Waals surface area contributed by atoms with Crippen molar-refractivity contribution < 1.29 is 19.4 Å². The van der Waals surface area contributed by atoms with Crippen molar-refractivity contribution in [1.82, 2.24) is 0 Å². The zero-order valence-corrected chi connectivity index (χ0v) is 13.4. The van der Waals surface area contributed by atoms with Crippen LogP contribution in [0, 0.1) is 0 Å². The summed E-state index contributed by atoms with van der Waals surface area (Å²) in [4.78, 5) is 11.7. The summed E-state index contributed by atoms with van der Waals surface area (Å²) in [6.45, 7) is 1.90. The summed E-state index contributed by atoms with van der Waals surface area (Å²) in [5.74, 6) is -2.16. The molecule has 1 aliphatic heterocycles. The van der Waals surface area contributed by atoms with Crippen molar-refractivity contribution in [2.75, 3.05) is 0 Å². The first-order chi connectivity index (χ1) is 11.1. The molecule has 0 aliphatic carbocycles. The molecule has 0 aromatic heterocycles. The number of carboxylic acid groups (broad SMARTS) is 1. The first-order valence-electron chi connectivity index (χ1n) is 7.46. The highest BCUT2D eigenvalue weighted by molar-refractivity contribution is 6.31. The number of aliphatic carboxylic acids is 1. The standard InChI is InChI=1S/C18H17ClO4/c1-2-18(12-8-4-3-5-9-12)22-15(16(23-18)17(20)21)13-10-6-7-11-14(13)19/h3-11,15-16H,2H2,1H3,(H,20,21)/t15-,16+,18?/m1/s1. The first kappa shape index (κ1) is 16.0. The van der Waals surface area contributed by atoms with Gasteiger partial charge in [0.15, 0.2) is 11.9 Å². The van der Waals surface area contributed by atoms with Crippen molar-refractivity contribution in [2.24, 2.45) is 0 Å². The van der Waals surface area contributed by atoms with Gasteiger partial charge >= 0.3 is 5.97 Å². The van der Waals surface area contributed by atoms with E-state index in [1.54, 1.807) is 24.3 Å². The molecule has 23 heavy (non-hydrogen) atoms. The normalized spacial score (nSPS) is 27.0. The summed E-state index contributed by atoms with van der Waals surface area (Å²) in [6.07, 6.45) is -1.39. The van der Waals surface area contributed by atoms with Crippen LogP contribution >= 0.6 is 11.6 Å². The Bertz CT molecular complexity index is 703. The van der Waals surface area contributed by atoms with E-state index in [2.05, 4.69) is 0 Å². The molecule has 4 nitrogen and oxygen atoms in total. The topological polar surface area (TPSA) is 55.8 Å². The summed E-state index contributed by atoms with van der Waals surface area (Å²) in [5.41, 5.74) is 1.41. The lowest BCUT2D eigenvalue weighted by atomic mass is 10.0. The molecule has 3 rings (SSSR count). The van der Waals surface area contributed by atoms with E-state index in [1.807, 2.05) is 37.3 Å². The van der Waals surface area contributed by atoms with E-state index in [4.69, 9.17) is 21.1 Å². The molecule has 120 valence electrons. The molecule has 0 amide bonds. The number of carbonyl (C=O) groups is 1. The molecule has 0 saturated carbocycles. The minimum absolute atomic E-state index is 0.465. The smallest absolute Gasteiger partial charge is 0.336 e. The van der Waals surface area contributed by atoms with E-state index >= 15 is 0 Å². The van der Waals surface area contributed by atoms with Gasteiger partial charge in [0, 0.05) is 22.6 Å². The lowest BCUT2D eigenvalue weighted by molar-refractivity contribution is -0.192. The van der Waals surface area contributed by atoms with Crippen LogP contribution in [0.1, 0.15) is 30.6 Å². The van der Waals surface area contributed by atoms with Crippen LogP contribution in [0.2, 0.25) is 5.02 Å². The van der Waals surface area contributed by atoms with Gasteiger partial charge in [-0.3, -0.25) is 0 Å². The van der Waals surface area contributed by atoms with Gasteiger partial charge in [-0.05, 0) is 6.07 Å². The fourth-order valence-corrected chi connectivity index (χ4v) is 3.12. The van der Waals surface area contributed by atoms with E-state index < -0.39 is 24.0 Å².